The molecule has 0 saturated carbocycles. The van der Waals surface area contributed by atoms with Crippen molar-refractivity contribution in [3.05, 3.63) is 65.0 Å². The number of anilines is 1. The first kappa shape index (κ1) is 17.0. The minimum atomic E-state index is -0.145. The summed E-state index contributed by atoms with van der Waals surface area (Å²) >= 11 is 0. The van der Waals surface area contributed by atoms with Crippen LogP contribution in [0.2, 0.25) is 0 Å². The van der Waals surface area contributed by atoms with Crippen LogP contribution in [0, 0.1) is 13.8 Å². The molecule has 128 valence electrons. The van der Waals surface area contributed by atoms with Crippen LogP contribution in [0.4, 0.5) is 5.69 Å². The van der Waals surface area contributed by atoms with Gasteiger partial charge in [-0.25, -0.2) is 9.97 Å². The molecule has 1 aromatic heterocycles. The first-order valence-corrected chi connectivity index (χ1v) is 8.23. The normalized spacial score (nSPS) is 11.1. The summed E-state index contributed by atoms with van der Waals surface area (Å²) in [5.74, 6) is -0.145. The van der Waals surface area contributed by atoms with Gasteiger partial charge >= 0.3 is 0 Å². The second-order valence-electron chi connectivity index (χ2n) is 6.45. The van der Waals surface area contributed by atoms with E-state index in [4.69, 9.17) is 0 Å². The number of nitrogens with one attached hydrogen (secondary N) is 1. The number of para-hydroxylation sites is 1. The van der Waals surface area contributed by atoms with Gasteiger partial charge in [0.15, 0.2) is 0 Å². The molecule has 0 saturated heterocycles. The highest BCUT2D eigenvalue weighted by Crippen LogP contribution is 2.19. The number of hydrogen-bond acceptors (Lipinski definition) is 4. The maximum absolute atomic E-state index is 12.7. The molecule has 0 bridgehead atoms. The summed E-state index contributed by atoms with van der Waals surface area (Å²) < 4.78 is 0. The van der Waals surface area contributed by atoms with Crippen molar-refractivity contribution < 1.29 is 4.79 Å². The van der Waals surface area contributed by atoms with Crippen LogP contribution in [0.3, 0.4) is 0 Å². The third-order valence-electron chi connectivity index (χ3n) is 4.09. The molecule has 1 amide bonds. The van der Waals surface area contributed by atoms with Crippen LogP contribution in [0.15, 0.2) is 42.5 Å². The molecule has 0 radical (unpaired) electrons. The van der Waals surface area contributed by atoms with E-state index in [9.17, 15) is 4.79 Å². The molecule has 25 heavy (non-hydrogen) atoms. The summed E-state index contributed by atoms with van der Waals surface area (Å²) in [6.07, 6.45) is 0. The monoisotopic (exact) mass is 334 g/mol. The van der Waals surface area contributed by atoms with Crippen molar-refractivity contribution in [2.24, 2.45) is 0 Å². The topological polar surface area (TPSA) is 58.1 Å². The van der Waals surface area contributed by atoms with Crippen molar-refractivity contribution in [1.29, 1.82) is 0 Å². The lowest BCUT2D eigenvalue weighted by molar-refractivity contribution is 0.102. The lowest BCUT2D eigenvalue weighted by Gasteiger charge is -2.15. The molecular formula is C20H22N4O. The number of nitrogens with zero attached hydrogens (tertiary/aromatic N) is 3. The molecule has 0 aliphatic carbocycles. The van der Waals surface area contributed by atoms with Crippen LogP contribution < -0.4 is 5.32 Å². The number of carbonyl (C=O) groups is 1. The van der Waals surface area contributed by atoms with Gasteiger partial charge in [-0.2, -0.15) is 0 Å². The molecule has 2 aromatic carbocycles. The predicted molar refractivity (Wildman–Crippen MR) is 101 cm³/mol. The van der Waals surface area contributed by atoms with E-state index < -0.39 is 0 Å². The van der Waals surface area contributed by atoms with Crippen molar-refractivity contribution in [3.8, 4) is 0 Å². The Labute approximate surface area is 147 Å². The highest BCUT2D eigenvalue weighted by atomic mass is 16.1. The van der Waals surface area contributed by atoms with E-state index in [0.29, 0.717) is 5.56 Å². The number of carbonyl (C=O) groups excluding carboxylic acids is 1. The van der Waals surface area contributed by atoms with E-state index >= 15 is 0 Å². The zero-order valence-electron chi connectivity index (χ0n) is 15.0. The fraction of sp³-hybridized carbons (Fsp3) is 0.250. The molecule has 5 heteroatoms. The number of hydrogen-bond donors (Lipinski definition) is 1. The fourth-order valence-electron chi connectivity index (χ4n) is 2.69. The van der Waals surface area contributed by atoms with Crippen LogP contribution >= 0.6 is 0 Å². The maximum Gasteiger partial charge on any atom is 0.255 e. The Morgan fingerprint density at radius 3 is 2.40 bits per heavy atom. The molecule has 0 spiro atoms. The van der Waals surface area contributed by atoms with Crippen molar-refractivity contribution in [2.45, 2.75) is 20.4 Å². The first-order valence-electron chi connectivity index (χ1n) is 8.23. The van der Waals surface area contributed by atoms with Gasteiger partial charge in [-0.3, -0.25) is 4.79 Å². The van der Waals surface area contributed by atoms with Gasteiger partial charge in [0.2, 0.25) is 0 Å². The molecule has 1 N–H and O–H groups in total. The largest absolute Gasteiger partial charge is 0.322 e. The van der Waals surface area contributed by atoms with Crippen molar-refractivity contribution >= 4 is 22.6 Å². The number of aromatic nitrogens is 2. The number of aryl methyl sites for hydroxylation is 2. The molecule has 0 unspecified atom stereocenters. The predicted octanol–water partition coefficient (Wildman–Crippen LogP) is 3.56. The summed E-state index contributed by atoms with van der Waals surface area (Å²) in [6, 6.07) is 13.3. The molecule has 5 nitrogen and oxygen atoms in total. The van der Waals surface area contributed by atoms with Crippen LogP contribution in [0.1, 0.15) is 27.3 Å². The summed E-state index contributed by atoms with van der Waals surface area (Å²) in [5.41, 5.74) is 5.79. The molecular weight excluding hydrogens is 312 g/mol. The number of benzene rings is 2. The standard InChI is InChI=1S/C20H22N4O/c1-13-14(2)22-19-11-15(9-10-18(19)21-13)20(25)23-17-8-6-5-7-16(17)12-24(3)4/h5-11H,12H2,1-4H3,(H,23,25). The summed E-state index contributed by atoms with van der Waals surface area (Å²) in [6.45, 7) is 4.62. The smallest absolute Gasteiger partial charge is 0.255 e. The molecule has 3 rings (SSSR count). The van der Waals surface area contributed by atoms with E-state index in [1.165, 1.54) is 0 Å². The quantitative estimate of drug-likeness (QED) is 0.792. The van der Waals surface area contributed by atoms with E-state index in [1.54, 1.807) is 12.1 Å². The van der Waals surface area contributed by atoms with Crippen molar-refractivity contribution in [1.82, 2.24) is 14.9 Å². The SMILES string of the molecule is Cc1nc2ccc(C(=O)Nc3ccccc3CN(C)C)cc2nc1C. The lowest BCUT2D eigenvalue weighted by atomic mass is 10.1. The Morgan fingerprint density at radius 2 is 1.68 bits per heavy atom. The Bertz CT molecular complexity index is 934. The van der Waals surface area contributed by atoms with Crippen LogP contribution in [0.5, 0.6) is 0 Å². The molecule has 0 fully saturated rings. The first-order chi connectivity index (χ1) is 11.9. The van der Waals surface area contributed by atoms with Crippen LogP contribution in [-0.4, -0.2) is 34.9 Å². The molecule has 1 heterocycles. The van der Waals surface area contributed by atoms with Gasteiger partial charge in [0, 0.05) is 17.8 Å². The Morgan fingerprint density at radius 1 is 1.00 bits per heavy atom. The highest BCUT2D eigenvalue weighted by Gasteiger charge is 2.11. The van der Waals surface area contributed by atoms with Gasteiger partial charge in [0.25, 0.3) is 5.91 Å². The van der Waals surface area contributed by atoms with Crippen molar-refractivity contribution in [3.63, 3.8) is 0 Å². The second-order valence-corrected chi connectivity index (χ2v) is 6.45. The fourth-order valence-corrected chi connectivity index (χ4v) is 2.69. The highest BCUT2D eigenvalue weighted by molar-refractivity contribution is 6.06. The van der Waals surface area contributed by atoms with E-state index in [-0.39, 0.29) is 5.91 Å². The Balaban J connectivity index is 1.89. The number of fused-ring (bicyclic) bond motifs is 1. The zero-order valence-corrected chi connectivity index (χ0v) is 15.0. The number of amides is 1. The Kier molecular flexibility index (Phi) is 4.76. The minimum Gasteiger partial charge on any atom is -0.322 e. The van der Waals surface area contributed by atoms with E-state index in [2.05, 4.69) is 20.2 Å². The van der Waals surface area contributed by atoms with Gasteiger partial charge in [0.05, 0.1) is 22.4 Å². The third-order valence-corrected chi connectivity index (χ3v) is 4.09. The molecule has 3 aromatic rings. The summed E-state index contributed by atoms with van der Waals surface area (Å²) in [7, 11) is 4.01. The Hall–Kier alpha value is -2.79. The van der Waals surface area contributed by atoms with Gasteiger partial charge in [-0.15, -0.1) is 0 Å². The third kappa shape index (κ3) is 3.83. The second kappa shape index (κ2) is 6.99. The van der Waals surface area contributed by atoms with Gasteiger partial charge in [0.1, 0.15) is 0 Å². The van der Waals surface area contributed by atoms with E-state index in [1.807, 2.05) is 58.3 Å². The molecule has 0 aliphatic heterocycles. The number of rotatable bonds is 4. The molecule has 0 aliphatic rings. The van der Waals surface area contributed by atoms with Crippen LogP contribution in [-0.2, 0) is 6.54 Å². The average Bonchev–Trinajstić information content (AvgIpc) is 2.57. The van der Waals surface area contributed by atoms with Crippen molar-refractivity contribution in [2.75, 3.05) is 19.4 Å². The zero-order chi connectivity index (χ0) is 18.0. The maximum atomic E-state index is 12.7. The van der Waals surface area contributed by atoms with Gasteiger partial charge in [-0.1, -0.05) is 18.2 Å². The van der Waals surface area contributed by atoms with Gasteiger partial charge in [-0.05, 0) is 57.8 Å². The molecule has 0 atom stereocenters. The summed E-state index contributed by atoms with van der Waals surface area (Å²) in [4.78, 5) is 23.8. The van der Waals surface area contributed by atoms with Crippen LogP contribution in [0.25, 0.3) is 11.0 Å². The lowest BCUT2D eigenvalue weighted by Crippen LogP contribution is -2.16. The van der Waals surface area contributed by atoms with E-state index in [0.717, 1.165) is 40.2 Å². The summed E-state index contributed by atoms with van der Waals surface area (Å²) in [5, 5.41) is 3.01. The minimum absolute atomic E-state index is 0.145. The van der Waals surface area contributed by atoms with Gasteiger partial charge < -0.3 is 10.2 Å². The average molecular weight is 334 g/mol.